The summed E-state index contributed by atoms with van der Waals surface area (Å²) in [6, 6.07) is 7.86. The molecule has 1 aromatic carbocycles. The third-order valence-corrected chi connectivity index (χ3v) is 4.38. The lowest BCUT2D eigenvalue weighted by Gasteiger charge is -2.09. The van der Waals surface area contributed by atoms with E-state index in [1.165, 1.54) is 31.2 Å². The summed E-state index contributed by atoms with van der Waals surface area (Å²) < 4.78 is 0. The molecule has 1 aromatic rings. The average molecular weight is 294 g/mol. The van der Waals surface area contributed by atoms with Crippen molar-refractivity contribution in [2.45, 2.75) is 51.4 Å². The Bertz CT molecular complexity index is 410. The number of nitrogens with one attached hydrogen (secondary N) is 1. The number of carbonyl (C=O) groups excluding carboxylic acids is 1. The van der Waals surface area contributed by atoms with Crippen LogP contribution in [0, 0.1) is 5.92 Å². The van der Waals surface area contributed by atoms with Crippen molar-refractivity contribution in [1.82, 2.24) is 5.32 Å². The first-order valence-corrected chi connectivity index (χ1v) is 8.13. The Balaban J connectivity index is 1.54. The van der Waals surface area contributed by atoms with Crippen molar-refractivity contribution < 1.29 is 4.79 Å². The fourth-order valence-electron chi connectivity index (χ4n) is 2.91. The van der Waals surface area contributed by atoms with Gasteiger partial charge in [-0.05, 0) is 42.9 Å². The van der Waals surface area contributed by atoms with Crippen molar-refractivity contribution in [3.63, 3.8) is 0 Å². The molecular formula is C17H24ClNO. The number of carbonyl (C=O) groups is 1. The van der Waals surface area contributed by atoms with Crippen LogP contribution in [0.4, 0.5) is 0 Å². The van der Waals surface area contributed by atoms with Crippen LogP contribution in [0.15, 0.2) is 24.3 Å². The maximum absolute atomic E-state index is 11.7. The first kappa shape index (κ1) is 15.4. The molecule has 110 valence electrons. The summed E-state index contributed by atoms with van der Waals surface area (Å²) in [7, 11) is 0. The maximum atomic E-state index is 11.7. The van der Waals surface area contributed by atoms with Gasteiger partial charge < -0.3 is 5.32 Å². The molecule has 2 rings (SSSR count). The minimum atomic E-state index is 0.192. The molecule has 0 aliphatic heterocycles. The van der Waals surface area contributed by atoms with E-state index in [1.54, 1.807) is 0 Å². The second-order valence-corrected chi connectivity index (χ2v) is 6.21. The molecule has 1 aliphatic carbocycles. The van der Waals surface area contributed by atoms with E-state index in [0.29, 0.717) is 6.42 Å². The average Bonchev–Trinajstić information content (AvgIpc) is 2.94. The van der Waals surface area contributed by atoms with Gasteiger partial charge in [0, 0.05) is 18.0 Å². The van der Waals surface area contributed by atoms with Crippen molar-refractivity contribution in [3.8, 4) is 0 Å². The van der Waals surface area contributed by atoms with Gasteiger partial charge in [-0.2, -0.15) is 0 Å². The van der Waals surface area contributed by atoms with Gasteiger partial charge in [0.1, 0.15) is 0 Å². The van der Waals surface area contributed by atoms with Gasteiger partial charge in [-0.1, -0.05) is 49.4 Å². The predicted octanol–water partition coefficient (Wildman–Crippen LogP) is 4.36. The first-order valence-electron chi connectivity index (χ1n) is 7.75. The maximum Gasteiger partial charge on any atom is 0.220 e. The minimum absolute atomic E-state index is 0.192. The largest absolute Gasteiger partial charge is 0.356 e. The van der Waals surface area contributed by atoms with Crippen LogP contribution in [0.3, 0.4) is 0 Å². The van der Waals surface area contributed by atoms with Crippen molar-refractivity contribution in [1.29, 1.82) is 0 Å². The SMILES string of the molecule is O=C(CCCc1ccc(Cl)cc1)NCCC1CCCC1. The minimum Gasteiger partial charge on any atom is -0.356 e. The third kappa shape index (κ3) is 5.54. The van der Waals surface area contributed by atoms with E-state index in [0.717, 1.165) is 36.7 Å². The Kier molecular flexibility index (Phi) is 6.38. The number of hydrogen-bond acceptors (Lipinski definition) is 1. The van der Waals surface area contributed by atoms with E-state index in [1.807, 2.05) is 24.3 Å². The summed E-state index contributed by atoms with van der Waals surface area (Å²) >= 11 is 5.84. The van der Waals surface area contributed by atoms with Gasteiger partial charge in [0.05, 0.1) is 0 Å². The van der Waals surface area contributed by atoms with Crippen LogP contribution >= 0.6 is 11.6 Å². The lowest BCUT2D eigenvalue weighted by Crippen LogP contribution is -2.25. The highest BCUT2D eigenvalue weighted by Crippen LogP contribution is 2.26. The quantitative estimate of drug-likeness (QED) is 0.795. The van der Waals surface area contributed by atoms with Crippen molar-refractivity contribution in [2.24, 2.45) is 5.92 Å². The van der Waals surface area contributed by atoms with Crippen molar-refractivity contribution in [2.75, 3.05) is 6.54 Å². The number of benzene rings is 1. The molecule has 3 heteroatoms. The van der Waals surface area contributed by atoms with Gasteiger partial charge in [-0.15, -0.1) is 0 Å². The standard InChI is InChI=1S/C17H24ClNO/c18-16-10-8-15(9-11-16)6-3-7-17(20)19-13-12-14-4-1-2-5-14/h8-11,14H,1-7,12-13H2,(H,19,20). The fourth-order valence-corrected chi connectivity index (χ4v) is 3.03. The summed E-state index contributed by atoms with van der Waals surface area (Å²) in [6.45, 7) is 0.852. The van der Waals surface area contributed by atoms with Crippen LogP contribution in [0.1, 0.15) is 50.5 Å². The van der Waals surface area contributed by atoms with Gasteiger partial charge in [-0.25, -0.2) is 0 Å². The zero-order valence-corrected chi connectivity index (χ0v) is 12.8. The second-order valence-electron chi connectivity index (χ2n) is 5.77. The van der Waals surface area contributed by atoms with E-state index in [-0.39, 0.29) is 5.91 Å². The Morgan fingerprint density at radius 3 is 2.60 bits per heavy atom. The molecular weight excluding hydrogens is 270 g/mol. The van der Waals surface area contributed by atoms with Crippen LogP contribution in [0.5, 0.6) is 0 Å². The molecule has 1 saturated carbocycles. The summed E-state index contributed by atoms with van der Waals surface area (Å²) in [6.07, 6.45) is 9.07. The zero-order valence-electron chi connectivity index (χ0n) is 12.0. The Labute approximate surface area is 126 Å². The molecule has 0 radical (unpaired) electrons. The highest BCUT2D eigenvalue weighted by molar-refractivity contribution is 6.30. The number of amides is 1. The van der Waals surface area contributed by atoms with Crippen LogP contribution < -0.4 is 5.32 Å². The molecule has 0 heterocycles. The molecule has 20 heavy (non-hydrogen) atoms. The van der Waals surface area contributed by atoms with E-state index >= 15 is 0 Å². The molecule has 0 atom stereocenters. The summed E-state index contributed by atoms with van der Waals surface area (Å²) in [4.78, 5) is 11.7. The molecule has 0 saturated heterocycles. The smallest absolute Gasteiger partial charge is 0.220 e. The lowest BCUT2D eigenvalue weighted by atomic mass is 10.0. The molecule has 1 fully saturated rings. The third-order valence-electron chi connectivity index (χ3n) is 4.13. The molecule has 0 aromatic heterocycles. The predicted molar refractivity (Wildman–Crippen MR) is 84.0 cm³/mol. The molecule has 2 nitrogen and oxygen atoms in total. The van der Waals surface area contributed by atoms with E-state index in [4.69, 9.17) is 11.6 Å². The Morgan fingerprint density at radius 2 is 1.90 bits per heavy atom. The molecule has 0 spiro atoms. The van der Waals surface area contributed by atoms with Crippen molar-refractivity contribution >= 4 is 17.5 Å². The normalized spacial score (nSPS) is 15.4. The number of hydrogen-bond donors (Lipinski definition) is 1. The monoisotopic (exact) mass is 293 g/mol. The van der Waals surface area contributed by atoms with Gasteiger partial charge >= 0.3 is 0 Å². The lowest BCUT2D eigenvalue weighted by molar-refractivity contribution is -0.121. The summed E-state index contributed by atoms with van der Waals surface area (Å²) in [5.41, 5.74) is 1.24. The number of halogens is 1. The van der Waals surface area contributed by atoms with Crippen LogP contribution in [0.25, 0.3) is 0 Å². The Hall–Kier alpha value is -1.02. The molecule has 0 unspecified atom stereocenters. The van der Waals surface area contributed by atoms with Gasteiger partial charge in [0.25, 0.3) is 0 Å². The van der Waals surface area contributed by atoms with E-state index in [9.17, 15) is 4.79 Å². The van der Waals surface area contributed by atoms with E-state index < -0.39 is 0 Å². The molecule has 1 amide bonds. The summed E-state index contributed by atoms with van der Waals surface area (Å²) in [5.74, 6) is 1.04. The molecule has 1 aliphatic rings. The highest BCUT2D eigenvalue weighted by Gasteiger charge is 2.14. The topological polar surface area (TPSA) is 29.1 Å². The van der Waals surface area contributed by atoms with Crippen LogP contribution in [-0.2, 0) is 11.2 Å². The van der Waals surface area contributed by atoms with E-state index in [2.05, 4.69) is 5.32 Å². The molecule has 0 bridgehead atoms. The molecule has 1 N–H and O–H groups in total. The highest BCUT2D eigenvalue weighted by atomic mass is 35.5. The first-order chi connectivity index (χ1) is 9.74. The fraction of sp³-hybridized carbons (Fsp3) is 0.588. The zero-order chi connectivity index (χ0) is 14.2. The van der Waals surface area contributed by atoms with Gasteiger partial charge in [0.15, 0.2) is 0 Å². The number of rotatable bonds is 7. The van der Waals surface area contributed by atoms with Crippen LogP contribution in [0.2, 0.25) is 5.02 Å². The Morgan fingerprint density at radius 1 is 1.20 bits per heavy atom. The van der Waals surface area contributed by atoms with Gasteiger partial charge in [-0.3, -0.25) is 4.79 Å². The number of aryl methyl sites for hydroxylation is 1. The van der Waals surface area contributed by atoms with Crippen LogP contribution in [-0.4, -0.2) is 12.5 Å². The van der Waals surface area contributed by atoms with Gasteiger partial charge in [0.2, 0.25) is 5.91 Å². The van der Waals surface area contributed by atoms with Crippen molar-refractivity contribution in [3.05, 3.63) is 34.9 Å². The summed E-state index contributed by atoms with van der Waals surface area (Å²) in [5, 5.41) is 3.81. The second kappa shape index (κ2) is 8.31.